The number of amides is 2. The molecule has 0 saturated carbocycles. The first-order valence-corrected chi connectivity index (χ1v) is 6.34. The second-order valence-corrected chi connectivity index (χ2v) is 4.19. The molecule has 0 fully saturated rings. The highest BCUT2D eigenvalue weighted by atomic mass is 16.2. The van der Waals surface area contributed by atoms with Crippen LogP contribution in [0.3, 0.4) is 0 Å². The minimum atomic E-state index is -0.329. The van der Waals surface area contributed by atoms with Gasteiger partial charge >= 0.3 is 0 Å². The molecule has 0 aromatic carbocycles. The molecule has 1 atom stereocenters. The lowest BCUT2D eigenvalue weighted by Crippen LogP contribution is -2.47. The van der Waals surface area contributed by atoms with Crippen LogP contribution in [0.4, 0.5) is 0 Å². The SMILES string of the molecule is C=CCNC(=O)C(C)N(C)CC(=O)N(CC)CC. The second kappa shape index (κ2) is 8.69. The Labute approximate surface area is 110 Å². The van der Waals surface area contributed by atoms with Crippen LogP contribution >= 0.6 is 0 Å². The molecule has 1 N–H and O–H groups in total. The van der Waals surface area contributed by atoms with Crippen molar-refractivity contribution in [2.24, 2.45) is 0 Å². The van der Waals surface area contributed by atoms with Crippen LogP contribution in [0.15, 0.2) is 12.7 Å². The minimum absolute atomic E-state index is 0.0471. The summed E-state index contributed by atoms with van der Waals surface area (Å²) < 4.78 is 0. The Morgan fingerprint density at radius 2 is 1.89 bits per heavy atom. The first-order chi connectivity index (χ1) is 8.47. The molecule has 0 aromatic heterocycles. The molecule has 18 heavy (non-hydrogen) atoms. The van der Waals surface area contributed by atoms with E-state index < -0.39 is 0 Å². The van der Waals surface area contributed by atoms with Crippen LogP contribution in [0.2, 0.25) is 0 Å². The van der Waals surface area contributed by atoms with Crippen molar-refractivity contribution >= 4 is 11.8 Å². The highest BCUT2D eigenvalue weighted by molar-refractivity contribution is 5.83. The summed E-state index contributed by atoms with van der Waals surface area (Å²) in [6.45, 7) is 11.3. The predicted octanol–water partition coefficient (Wildman–Crippen LogP) is 0.477. The summed E-state index contributed by atoms with van der Waals surface area (Å²) in [6.07, 6.45) is 1.63. The molecule has 2 amide bonds. The molecular formula is C13H25N3O2. The molecule has 0 rings (SSSR count). The van der Waals surface area contributed by atoms with Crippen LogP contribution in [0.25, 0.3) is 0 Å². The van der Waals surface area contributed by atoms with Crippen LogP contribution in [-0.2, 0) is 9.59 Å². The van der Waals surface area contributed by atoms with E-state index in [0.717, 1.165) is 0 Å². The van der Waals surface area contributed by atoms with E-state index in [2.05, 4.69) is 11.9 Å². The average molecular weight is 255 g/mol. The molecule has 5 nitrogen and oxygen atoms in total. The van der Waals surface area contributed by atoms with E-state index in [4.69, 9.17) is 0 Å². The number of hydrogen-bond donors (Lipinski definition) is 1. The van der Waals surface area contributed by atoms with Gasteiger partial charge in [0, 0.05) is 19.6 Å². The maximum atomic E-state index is 11.9. The van der Waals surface area contributed by atoms with E-state index >= 15 is 0 Å². The lowest BCUT2D eigenvalue weighted by Gasteiger charge is -2.26. The summed E-state index contributed by atoms with van der Waals surface area (Å²) in [4.78, 5) is 27.1. The van der Waals surface area contributed by atoms with Gasteiger partial charge in [0.05, 0.1) is 12.6 Å². The highest BCUT2D eigenvalue weighted by Gasteiger charge is 2.21. The Hall–Kier alpha value is -1.36. The van der Waals surface area contributed by atoms with Crippen molar-refractivity contribution in [3.63, 3.8) is 0 Å². The molecule has 0 aromatic rings. The maximum absolute atomic E-state index is 11.9. The average Bonchev–Trinajstić information content (AvgIpc) is 2.36. The van der Waals surface area contributed by atoms with Crippen molar-refractivity contribution in [1.82, 2.24) is 15.1 Å². The van der Waals surface area contributed by atoms with Crippen molar-refractivity contribution in [3.8, 4) is 0 Å². The van der Waals surface area contributed by atoms with Crippen molar-refractivity contribution in [2.45, 2.75) is 26.8 Å². The van der Waals surface area contributed by atoms with Crippen LogP contribution < -0.4 is 5.32 Å². The summed E-state index contributed by atoms with van der Waals surface area (Å²) in [5.74, 6) is -0.0457. The molecule has 0 aliphatic rings. The topological polar surface area (TPSA) is 52.7 Å². The van der Waals surface area contributed by atoms with Crippen LogP contribution in [0.5, 0.6) is 0 Å². The van der Waals surface area contributed by atoms with E-state index in [1.165, 1.54) is 0 Å². The zero-order valence-corrected chi connectivity index (χ0v) is 11.9. The number of nitrogens with zero attached hydrogens (tertiary/aromatic N) is 2. The van der Waals surface area contributed by atoms with Crippen LogP contribution in [-0.4, -0.2) is 60.9 Å². The third-order valence-electron chi connectivity index (χ3n) is 2.96. The number of carbonyl (C=O) groups is 2. The van der Waals surface area contributed by atoms with Gasteiger partial charge in [-0.15, -0.1) is 6.58 Å². The molecule has 5 heteroatoms. The molecule has 0 aliphatic carbocycles. The molecule has 104 valence electrons. The predicted molar refractivity (Wildman–Crippen MR) is 73.2 cm³/mol. The lowest BCUT2D eigenvalue weighted by atomic mass is 10.2. The highest BCUT2D eigenvalue weighted by Crippen LogP contribution is 1.98. The van der Waals surface area contributed by atoms with Gasteiger partial charge in [0.1, 0.15) is 0 Å². The summed E-state index contributed by atoms with van der Waals surface area (Å²) in [6, 6.07) is -0.329. The smallest absolute Gasteiger partial charge is 0.237 e. The maximum Gasteiger partial charge on any atom is 0.237 e. The van der Waals surface area contributed by atoms with Gasteiger partial charge < -0.3 is 10.2 Å². The van der Waals surface area contributed by atoms with Gasteiger partial charge in [-0.1, -0.05) is 6.08 Å². The molecule has 0 aliphatic heterocycles. The normalized spacial score (nSPS) is 12.1. The fourth-order valence-electron chi connectivity index (χ4n) is 1.55. The third kappa shape index (κ3) is 5.31. The van der Waals surface area contributed by atoms with E-state index in [-0.39, 0.29) is 24.4 Å². The zero-order chi connectivity index (χ0) is 14.1. The number of hydrogen-bond acceptors (Lipinski definition) is 3. The van der Waals surface area contributed by atoms with Gasteiger partial charge in [0.25, 0.3) is 0 Å². The summed E-state index contributed by atoms with van der Waals surface area (Å²) in [5.41, 5.74) is 0. The molecular weight excluding hydrogens is 230 g/mol. The van der Waals surface area contributed by atoms with Gasteiger partial charge in [-0.25, -0.2) is 0 Å². The van der Waals surface area contributed by atoms with Crippen LogP contribution in [0.1, 0.15) is 20.8 Å². The summed E-state index contributed by atoms with van der Waals surface area (Å²) in [5, 5.41) is 2.72. The fourth-order valence-corrected chi connectivity index (χ4v) is 1.55. The van der Waals surface area contributed by atoms with Gasteiger partial charge in [0.2, 0.25) is 11.8 Å². The van der Waals surface area contributed by atoms with E-state index in [0.29, 0.717) is 19.6 Å². The second-order valence-electron chi connectivity index (χ2n) is 4.19. The standard InChI is InChI=1S/C13H25N3O2/c1-6-9-14-13(18)11(4)15(5)10-12(17)16(7-2)8-3/h6,11H,1,7-10H2,2-5H3,(H,14,18). The number of nitrogens with one attached hydrogen (secondary N) is 1. The fraction of sp³-hybridized carbons (Fsp3) is 0.692. The van der Waals surface area contributed by atoms with Gasteiger partial charge in [0.15, 0.2) is 0 Å². The largest absolute Gasteiger partial charge is 0.351 e. The Morgan fingerprint density at radius 3 is 2.33 bits per heavy atom. The minimum Gasteiger partial charge on any atom is -0.351 e. The van der Waals surface area contributed by atoms with Gasteiger partial charge in [-0.3, -0.25) is 14.5 Å². The van der Waals surface area contributed by atoms with Gasteiger partial charge in [-0.2, -0.15) is 0 Å². The van der Waals surface area contributed by atoms with Crippen molar-refractivity contribution in [2.75, 3.05) is 33.2 Å². The number of carbonyl (C=O) groups excluding carboxylic acids is 2. The van der Waals surface area contributed by atoms with Crippen molar-refractivity contribution in [1.29, 1.82) is 0 Å². The molecule has 0 heterocycles. The quantitative estimate of drug-likeness (QED) is 0.642. The zero-order valence-electron chi connectivity index (χ0n) is 11.9. The molecule has 0 spiro atoms. The number of rotatable bonds is 8. The van der Waals surface area contributed by atoms with E-state index in [9.17, 15) is 9.59 Å². The van der Waals surface area contributed by atoms with Crippen molar-refractivity contribution < 1.29 is 9.59 Å². The van der Waals surface area contributed by atoms with Crippen LogP contribution in [0, 0.1) is 0 Å². The summed E-state index contributed by atoms with van der Waals surface area (Å²) in [7, 11) is 1.78. The Morgan fingerprint density at radius 1 is 1.33 bits per heavy atom. The summed E-state index contributed by atoms with van der Waals surface area (Å²) >= 11 is 0. The number of likely N-dealkylation sites (N-methyl/N-ethyl adjacent to an activating group) is 2. The first-order valence-electron chi connectivity index (χ1n) is 6.34. The monoisotopic (exact) mass is 255 g/mol. The molecule has 0 radical (unpaired) electrons. The molecule has 0 bridgehead atoms. The van der Waals surface area contributed by atoms with Crippen molar-refractivity contribution in [3.05, 3.63) is 12.7 Å². The molecule has 0 saturated heterocycles. The molecule has 1 unspecified atom stereocenters. The van der Waals surface area contributed by atoms with E-state index in [1.54, 1.807) is 29.8 Å². The lowest BCUT2D eigenvalue weighted by molar-refractivity contribution is -0.133. The van der Waals surface area contributed by atoms with E-state index in [1.807, 2.05) is 13.8 Å². The Kier molecular flexibility index (Phi) is 8.03. The first kappa shape index (κ1) is 16.6. The Balaban J connectivity index is 4.29. The Bertz CT molecular complexity index is 288. The van der Waals surface area contributed by atoms with Gasteiger partial charge in [-0.05, 0) is 27.8 Å². The third-order valence-corrected chi connectivity index (χ3v) is 2.96.